The molecule has 6 rings (SSSR count). The number of benzene rings is 3. The SMILES string of the molecule is NCc1cccc(-c2cccc(C3OC(CN4CCN(c5ncccn5)CC4)CC(c4ccc(CO)cc4)O3)c2)c1. The molecule has 0 radical (unpaired) electrons. The zero-order valence-electron chi connectivity index (χ0n) is 23.2. The lowest BCUT2D eigenvalue weighted by molar-refractivity contribution is -0.253. The summed E-state index contributed by atoms with van der Waals surface area (Å²) in [5.41, 5.74) is 12.2. The van der Waals surface area contributed by atoms with E-state index < -0.39 is 6.29 Å². The maximum Gasteiger partial charge on any atom is 0.225 e. The van der Waals surface area contributed by atoms with Crippen LogP contribution >= 0.6 is 0 Å². The van der Waals surface area contributed by atoms with E-state index in [4.69, 9.17) is 15.2 Å². The summed E-state index contributed by atoms with van der Waals surface area (Å²) in [7, 11) is 0. The van der Waals surface area contributed by atoms with Crippen molar-refractivity contribution in [1.29, 1.82) is 0 Å². The van der Waals surface area contributed by atoms with Gasteiger partial charge in [-0.1, -0.05) is 60.7 Å². The Bertz CT molecular complexity index is 1410. The van der Waals surface area contributed by atoms with Gasteiger partial charge >= 0.3 is 0 Å². The molecular weight excluding hydrogens is 514 g/mol. The summed E-state index contributed by atoms with van der Waals surface area (Å²) >= 11 is 0. The predicted molar refractivity (Wildman–Crippen MR) is 159 cm³/mol. The molecule has 3 N–H and O–H groups in total. The van der Waals surface area contributed by atoms with E-state index >= 15 is 0 Å². The monoisotopic (exact) mass is 551 g/mol. The Morgan fingerprint density at radius 1 is 0.780 bits per heavy atom. The first-order valence-corrected chi connectivity index (χ1v) is 14.3. The predicted octanol–water partition coefficient (Wildman–Crippen LogP) is 4.46. The first-order valence-electron chi connectivity index (χ1n) is 14.3. The summed E-state index contributed by atoms with van der Waals surface area (Å²) in [5, 5.41) is 9.52. The summed E-state index contributed by atoms with van der Waals surface area (Å²) in [5.74, 6) is 0.790. The van der Waals surface area contributed by atoms with E-state index in [1.807, 2.05) is 30.3 Å². The number of hydrogen-bond donors (Lipinski definition) is 2. The van der Waals surface area contributed by atoms with Crippen molar-refractivity contribution in [3.05, 3.63) is 114 Å². The van der Waals surface area contributed by atoms with E-state index in [9.17, 15) is 5.11 Å². The van der Waals surface area contributed by atoms with Gasteiger partial charge in [0.1, 0.15) is 0 Å². The van der Waals surface area contributed by atoms with Crippen LogP contribution in [0.3, 0.4) is 0 Å². The number of ether oxygens (including phenoxy) is 2. The van der Waals surface area contributed by atoms with Crippen LogP contribution in [0.4, 0.5) is 5.95 Å². The fourth-order valence-electron chi connectivity index (χ4n) is 5.65. The molecule has 8 heteroatoms. The van der Waals surface area contributed by atoms with E-state index in [0.717, 1.165) is 78.5 Å². The van der Waals surface area contributed by atoms with Gasteiger partial charge in [-0.2, -0.15) is 0 Å². The summed E-state index contributed by atoms with van der Waals surface area (Å²) in [6, 6.07) is 26.6. The molecule has 3 heterocycles. The minimum absolute atomic E-state index is 0.0000165. The summed E-state index contributed by atoms with van der Waals surface area (Å²) in [6.07, 6.45) is 3.74. The van der Waals surface area contributed by atoms with Crippen LogP contribution in [0.25, 0.3) is 11.1 Å². The van der Waals surface area contributed by atoms with Crippen molar-refractivity contribution in [2.24, 2.45) is 5.73 Å². The van der Waals surface area contributed by atoms with Crippen molar-refractivity contribution in [3.8, 4) is 11.1 Å². The van der Waals surface area contributed by atoms with Crippen LogP contribution in [0.15, 0.2) is 91.3 Å². The Labute approximate surface area is 241 Å². The molecule has 0 bridgehead atoms. The lowest BCUT2D eigenvalue weighted by Gasteiger charge is -2.40. The molecule has 0 amide bonds. The minimum Gasteiger partial charge on any atom is -0.392 e. The van der Waals surface area contributed by atoms with Gasteiger partial charge in [0.25, 0.3) is 0 Å². The van der Waals surface area contributed by atoms with Crippen molar-refractivity contribution in [3.63, 3.8) is 0 Å². The third-order valence-electron chi connectivity index (χ3n) is 7.94. The second-order valence-electron chi connectivity index (χ2n) is 10.7. The highest BCUT2D eigenvalue weighted by Crippen LogP contribution is 2.39. The third kappa shape index (κ3) is 6.64. The molecule has 0 aliphatic carbocycles. The second kappa shape index (κ2) is 12.9. The molecule has 2 aliphatic heterocycles. The van der Waals surface area contributed by atoms with Crippen LogP contribution < -0.4 is 10.6 Å². The molecule has 212 valence electrons. The van der Waals surface area contributed by atoms with E-state index in [0.29, 0.717) is 6.54 Å². The van der Waals surface area contributed by atoms with Crippen molar-refractivity contribution in [1.82, 2.24) is 14.9 Å². The van der Waals surface area contributed by atoms with Gasteiger partial charge in [-0.15, -0.1) is 0 Å². The molecule has 8 nitrogen and oxygen atoms in total. The molecule has 2 aliphatic rings. The Balaban J connectivity index is 1.20. The first-order chi connectivity index (χ1) is 20.2. The van der Waals surface area contributed by atoms with Gasteiger partial charge in [-0.3, -0.25) is 4.90 Å². The van der Waals surface area contributed by atoms with Gasteiger partial charge in [0.05, 0.1) is 18.8 Å². The van der Waals surface area contributed by atoms with Crippen LogP contribution in [0, 0.1) is 0 Å². The molecular formula is C33H37N5O3. The lowest BCUT2D eigenvalue weighted by Crippen LogP contribution is -2.50. The third-order valence-corrected chi connectivity index (χ3v) is 7.94. The van der Waals surface area contributed by atoms with E-state index in [-0.39, 0.29) is 18.8 Å². The normalized spacial score (nSPS) is 21.6. The van der Waals surface area contributed by atoms with Gasteiger partial charge in [0, 0.05) is 63.6 Å². The van der Waals surface area contributed by atoms with Gasteiger partial charge in [0.2, 0.25) is 5.95 Å². The number of piperazine rings is 1. The summed E-state index contributed by atoms with van der Waals surface area (Å²) in [6.45, 7) is 4.97. The first kappa shape index (κ1) is 27.5. The highest BCUT2D eigenvalue weighted by Gasteiger charge is 2.34. The Hall–Kier alpha value is -3.66. The molecule has 4 aromatic rings. The zero-order chi connectivity index (χ0) is 28.0. The number of rotatable bonds is 8. The number of aliphatic hydroxyl groups excluding tert-OH is 1. The molecule has 3 unspecified atom stereocenters. The number of aromatic nitrogens is 2. The number of hydrogen-bond acceptors (Lipinski definition) is 8. The van der Waals surface area contributed by atoms with Gasteiger partial charge in [-0.05, 0) is 46.0 Å². The molecule has 0 spiro atoms. The quantitative estimate of drug-likeness (QED) is 0.331. The smallest absolute Gasteiger partial charge is 0.225 e. The van der Waals surface area contributed by atoms with Gasteiger partial charge in [-0.25, -0.2) is 9.97 Å². The lowest BCUT2D eigenvalue weighted by atomic mass is 9.98. The van der Waals surface area contributed by atoms with Crippen molar-refractivity contribution in [2.45, 2.75) is 38.1 Å². The van der Waals surface area contributed by atoms with Gasteiger partial charge < -0.3 is 25.2 Å². The van der Waals surface area contributed by atoms with Gasteiger partial charge in [0.15, 0.2) is 6.29 Å². The highest BCUT2D eigenvalue weighted by molar-refractivity contribution is 5.65. The standard InChI is InChI=1S/C33H37N5O3/c34-21-25-4-1-5-27(18-25)28-6-2-7-29(19-28)32-40-30(20-31(41-32)26-10-8-24(23-39)9-11-26)22-37-14-16-38(17-15-37)33-35-12-3-13-36-33/h1-13,18-19,30-32,39H,14-17,20-23,34H2. The molecule has 2 saturated heterocycles. The topological polar surface area (TPSA) is 97.0 Å². The van der Waals surface area contributed by atoms with E-state index in [1.54, 1.807) is 12.4 Å². The Morgan fingerprint density at radius 2 is 1.51 bits per heavy atom. The number of anilines is 1. The van der Waals surface area contributed by atoms with E-state index in [2.05, 4.69) is 68.3 Å². The summed E-state index contributed by atoms with van der Waals surface area (Å²) in [4.78, 5) is 13.5. The average molecular weight is 552 g/mol. The van der Waals surface area contributed by atoms with E-state index in [1.165, 1.54) is 0 Å². The summed E-state index contributed by atoms with van der Waals surface area (Å²) < 4.78 is 13.3. The highest BCUT2D eigenvalue weighted by atomic mass is 16.7. The van der Waals surface area contributed by atoms with Crippen molar-refractivity contribution < 1.29 is 14.6 Å². The minimum atomic E-state index is -0.493. The number of nitrogens with zero attached hydrogens (tertiary/aromatic N) is 4. The van der Waals surface area contributed by atoms with Crippen molar-refractivity contribution in [2.75, 3.05) is 37.6 Å². The molecule has 0 saturated carbocycles. The van der Waals surface area contributed by atoms with Crippen molar-refractivity contribution >= 4 is 5.95 Å². The van der Waals surface area contributed by atoms with Crippen LogP contribution in [0.2, 0.25) is 0 Å². The number of nitrogens with two attached hydrogens (primary N) is 1. The largest absolute Gasteiger partial charge is 0.392 e. The molecule has 41 heavy (non-hydrogen) atoms. The fraction of sp³-hybridized carbons (Fsp3) is 0.333. The average Bonchev–Trinajstić information content (AvgIpc) is 3.05. The maximum atomic E-state index is 9.52. The maximum absolute atomic E-state index is 9.52. The molecule has 1 aromatic heterocycles. The van der Waals surface area contributed by atoms with Crippen LogP contribution in [-0.4, -0.2) is 58.8 Å². The Kier molecular flexibility index (Phi) is 8.65. The fourth-order valence-corrected chi connectivity index (χ4v) is 5.65. The molecule has 3 aromatic carbocycles. The Morgan fingerprint density at radius 3 is 2.24 bits per heavy atom. The number of aliphatic hydroxyl groups is 1. The van der Waals surface area contributed by atoms with Crippen LogP contribution in [0.1, 0.15) is 41.1 Å². The molecule has 2 fully saturated rings. The van der Waals surface area contributed by atoms with Crippen LogP contribution in [-0.2, 0) is 22.6 Å². The molecule has 3 atom stereocenters. The van der Waals surface area contributed by atoms with Crippen LogP contribution in [0.5, 0.6) is 0 Å². The zero-order valence-corrected chi connectivity index (χ0v) is 23.2. The second-order valence-corrected chi connectivity index (χ2v) is 10.7.